The van der Waals surface area contributed by atoms with Gasteiger partial charge in [0.05, 0.1) is 22.7 Å². The molecule has 0 fully saturated rings. The molecule has 0 saturated carbocycles. The number of nitrogens with one attached hydrogen (secondary N) is 3. The number of aromatic nitrogens is 2. The van der Waals surface area contributed by atoms with E-state index in [2.05, 4.69) is 15.3 Å². The Morgan fingerprint density at radius 3 is 2.50 bits per heavy atom. The van der Waals surface area contributed by atoms with E-state index in [4.69, 9.17) is 16.6 Å². The lowest BCUT2D eigenvalue weighted by Gasteiger charge is -2.28. The Bertz CT molecular complexity index is 1420. The average molecular weight is 393 g/mol. The summed E-state index contributed by atoms with van der Waals surface area (Å²) < 4.78 is 19.1. The second-order valence-electron chi connectivity index (χ2n) is 6.48. The van der Waals surface area contributed by atoms with Crippen LogP contribution in [0.2, 0.25) is 0 Å². The van der Waals surface area contributed by atoms with E-state index in [-0.39, 0.29) is 15.9 Å². The molecular formula is C20H12FN3O3S. The maximum atomic E-state index is 13.5. The summed E-state index contributed by atoms with van der Waals surface area (Å²) in [5, 5.41) is 3.83. The Morgan fingerprint density at radius 1 is 0.964 bits per heavy atom. The first kappa shape index (κ1) is 16.6. The molecule has 3 heterocycles. The van der Waals surface area contributed by atoms with Crippen molar-refractivity contribution in [3.8, 4) is 0 Å². The highest BCUT2D eigenvalue weighted by molar-refractivity contribution is 7.71. The summed E-state index contributed by atoms with van der Waals surface area (Å²) in [6.07, 6.45) is 0. The lowest BCUT2D eigenvalue weighted by molar-refractivity contribution is 0.548. The molecule has 0 bridgehead atoms. The number of hydrogen-bond acceptors (Lipinski definition) is 5. The second-order valence-corrected chi connectivity index (χ2v) is 6.89. The van der Waals surface area contributed by atoms with Crippen LogP contribution in [0, 0.1) is 10.6 Å². The minimum Gasteiger partial charge on any atom is -0.422 e. The smallest absolute Gasteiger partial charge is 0.342 e. The molecule has 0 spiro atoms. The van der Waals surface area contributed by atoms with E-state index in [9.17, 15) is 14.0 Å². The fraction of sp³-hybridized carbons (Fsp3) is 0.0500. The number of H-pyrrole nitrogens is 2. The zero-order chi connectivity index (χ0) is 19.4. The zero-order valence-electron chi connectivity index (χ0n) is 14.2. The molecule has 0 saturated heterocycles. The Balaban J connectivity index is 1.93. The zero-order valence-corrected chi connectivity index (χ0v) is 15.0. The van der Waals surface area contributed by atoms with E-state index >= 15 is 0 Å². The van der Waals surface area contributed by atoms with Gasteiger partial charge in [-0.15, -0.1) is 0 Å². The van der Waals surface area contributed by atoms with Gasteiger partial charge >= 0.3 is 5.63 Å². The minimum atomic E-state index is -0.747. The number of anilines is 2. The van der Waals surface area contributed by atoms with E-state index in [0.29, 0.717) is 28.0 Å². The normalized spacial score (nSPS) is 15.0. The number of para-hydroxylation sites is 1. The standard InChI is InChI=1S/C20H12FN3O3S/c21-10-7-5-9(6-8-10)13-14-16(11-3-1-2-4-12(11)27-19(14)26)22-17-15(13)18(25)24-20(28)23-17/h1-8,13H,(H3,22,23,24,25,28). The van der Waals surface area contributed by atoms with Crippen LogP contribution < -0.4 is 16.5 Å². The number of benzene rings is 2. The molecule has 0 amide bonds. The SMILES string of the molecule is O=c1[nH]c(=S)[nH]c2c1C(c1ccc(F)cc1)c1c(c3ccccc3oc1=O)N2. The molecule has 0 radical (unpaired) electrons. The van der Waals surface area contributed by atoms with Crippen molar-refractivity contribution in [3.63, 3.8) is 0 Å². The van der Waals surface area contributed by atoms with Crippen LogP contribution in [-0.2, 0) is 0 Å². The van der Waals surface area contributed by atoms with Gasteiger partial charge in [-0.1, -0.05) is 24.3 Å². The van der Waals surface area contributed by atoms with Crippen LogP contribution in [0.4, 0.5) is 15.9 Å². The highest BCUT2D eigenvalue weighted by Crippen LogP contribution is 2.43. The molecule has 2 aromatic heterocycles. The van der Waals surface area contributed by atoms with Crippen molar-refractivity contribution < 1.29 is 8.81 Å². The van der Waals surface area contributed by atoms with E-state index in [1.165, 1.54) is 12.1 Å². The van der Waals surface area contributed by atoms with Crippen molar-refractivity contribution in [1.82, 2.24) is 9.97 Å². The average Bonchev–Trinajstić information content (AvgIpc) is 2.67. The Labute approximate surface area is 161 Å². The van der Waals surface area contributed by atoms with Crippen molar-refractivity contribution in [3.05, 3.63) is 96.6 Å². The van der Waals surface area contributed by atoms with E-state index in [0.717, 1.165) is 0 Å². The summed E-state index contributed by atoms with van der Waals surface area (Å²) in [6, 6.07) is 12.8. The summed E-state index contributed by atoms with van der Waals surface area (Å²) in [7, 11) is 0. The molecule has 8 heteroatoms. The molecule has 4 aromatic rings. The van der Waals surface area contributed by atoms with Crippen LogP contribution in [-0.4, -0.2) is 9.97 Å². The summed E-state index contributed by atoms with van der Waals surface area (Å²) in [6.45, 7) is 0. The lowest BCUT2D eigenvalue weighted by Crippen LogP contribution is -2.29. The number of hydrogen-bond donors (Lipinski definition) is 3. The molecule has 0 aliphatic carbocycles. The van der Waals surface area contributed by atoms with Crippen LogP contribution in [0.3, 0.4) is 0 Å². The first-order valence-electron chi connectivity index (χ1n) is 8.47. The summed E-state index contributed by atoms with van der Waals surface area (Å²) >= 11 is 5.10. The molecule has 28 heavy (non-hydrogen) atoms. The third-order valence-electron chi connectivity index (χ3n) is 4.86. The molecule has 1 aliphatic heterocycles. The highest BCUT2D eigenvalue weighted by Gasteiger charge is 2.34. The third kappa shape index (κ3) is 2.42. The van der Waals surface area contributed by atoms with Crippen molar-refractivity contribution in [2.24, 2.45) is 0 Å². The molecule has 5 rings (SSSR count). The van der Waals surface area contributed by atoms with Gasteiger partial charge < -0.3 is 14.7 Å². The van der Waals surface area contributed by atoms with E-state index < -0.39 is 22.9 Å². The fourth-order valence-corrected chi connectivity index (χ4v) is 3.88. The van der Waals surface area contributed by atoms with E-state index in [1.807, 2.05) is 12.1 Å². The first-order chi connectivity index (χ1) is 13.5. The molecule has 1 atom stereocenters. The largest absolute Gasteiger partial charge is 0.422 e. The number of fused-ring (bicyclic) bond motifs is 4. The number of halogens is 1. The Morgan fingerprint density at radius 2 is 1.71 bits per heavy atom. The molecule has 1 aliphatic rings. The van der Waals surface area contributed by atoms with Crippen molar-refractivity contribution in [1.29, 1.82) is 0 Å². The fourth-order valence-electron chi connectivity index (χ4n) is 3.69. The summed E-state index contributed by atoms with van der Waals surface area (Å²) in [5.41, 5.74) is 1.11. The Kier molecular flexibility index (Phi) is 3.56. The van der Waals surface area contributed by atoms with Crippen LogP contribution in [0.1, 0.15) is 22.6 Å². The predicted molar refractivity (Wildman–Crippen MR) is 105 cm³/mol. The van der Waals surface area contributed by atoms with Gasteiger partial charge in [0.2, 0.25) is 0 Å². The van der Waals surface area contributed by atoms with Crippen molar-refractivity contribution >= 4 is 34.7 Å². The molecule has 6 nitrogen and oxygen atoms in total. The third-order valence-corrected chi connectivity index (χ3v) is 5.06. The molecule has 1 unspecified atom stereocenters. The van der Waals surface area contributed by atoms with Gasteiger partial charge in [-0.2, -0.15) is 0 Å². The van der Waals surface area contributed by atoms with Crippen LogP contribution >= 0.6 is 12.2 Å². The maximum Gasteiger partial charge on any atom is 0.342 e. The topological polar surface area (TPSA) is 90.9 Å². The summed E-state index contributed by atoms with van der Waals surface area (Å²) in [4.78, 5) is 31.1. The van der Waals surface area contributed by atoms with Crippen molar-refractivity contribution in [2.75, 3.05) is 5.32 Å². The van der Waals surface area contributed by atoms with Crippen molar-refractivity contribution in [2.45, 2.75) is 5.92 Å². The van der Waals surface area contributed by atoms with Gasteiger partial charge in [0.25, 0.3) is 5.56 Å². The minimum absolute atomic E-state index is 0.157. The van der Waals surface area contributed by atoms with E-state index in [1.54, 1.807) is 24.3 Å². The monoisotopic (exact) mass is 393 g/mol. The predicted octanol–water partition coefficient (Wildman–Crippen LogP) is 3.92. The van der Waals surface area contributed by atoms with Gasteiger partial charge in [-0.3, -0.25) is 9.78 Å². The summed E-state index contributed by atoms with van der Waals surface area (Å²) in [5.74, 6) is -0.764. The molecule has 3 N–H and O–H groups in total. The molecule has 138 valence electrons. The second kappa shape index (κ2) is 6.00. The molecular weight excluding hydrogens is 381 g/mol. The number of aromatic amines is 2. The van der Waals surface area contributed by atoms with Crippen LogP contribution in [0.15, 0.2) is 62.5 Å². The first-order valence-corrected chi connectivity index (χ1v) is 8.88. The van der Waals surface area contributed by atoms with Gasteiger partial charge in [-0.25, -0.2) is 9.18 Å². The quantitative estimate of drug-likeness (QED) is 0.297. The maximum absolute atomic E-state index is 13.5. The van der Waals surface area contributed by atoms with Crippen LogP contribution in [0.25, 0.3) is 11.0 Å². The number of rotatable bonds is 1. The van der Waals surface area contributed by atoms with Gasteiger partial charge in [0.15, 0.2) is 4.77 Å². The molecule has 2 aromatic carbocycles. The highest BCUT2D eigenvalue weighted by atomic mass is 32.1. The van der Waals surface area contributed by atoms with Crippen LogP contribution in [0.5, 0.6) is 0 Å². The van der Waals surface area contributed by atoms with Gasteiger partial charge in [0, 0.05) is 5.39 Å². The Hall–Kier alpha value is -3.52. The van der Waals surface area contributed by atoms with Gasteiger partial charge in [0.1, 0.15) is 17.2 Å². The van der Waals surface area contributed by atoms with Gasteiger partial charge in [-0.05, 0) is 42.0 Å². The lowest BCUT2D eigenvalue weighted by atomic mass is 9.83.